The van der Waals surface area contributed by atoms with Crippen molar-refractivity contribution in [1.82, 2.24) is 14.8 Å². The van der Waals surface area contributed by atoms with Crippen LogP contribution in [0.25, 0.3) is 0 Å². The van der Waals surface area contributed by atoms with Gasteiger partial charge in [0.25, 0.3) is 5.56 Å². The van der Waals surface area contributed by atoms with E-state index >= 15 is 0 Å². The summed E-state index contributed by atoms with van der Waals surface area (Å²) in [7, 11) is 0. The summed E-state index contributed by atoms with van der Waals surface area (Å²) in [6.07, 6.45) is 3.32. The van der Waals surface area contributed by atoms with Crippen LogP contribution in [0.5, 0.6) is 0 Å². The van der Waals surface area contributed by atoms with Crippen molar-refractivity contribution in [3.63, 3.8) is 0 Å². The normalized spacial score (nSPS) is 31.0. The van der Waals surface area contributed by atoms with Gasteiger partial charge in [-0.05, 0) is 31.2 Å². The number of aliphatic hydroxyl groups excluding tert-OH is 1. The summed E-state index contributed by atoms with van der Waals surface area (Å²) in [4.78, 5) is 27.4. The maximum atomic E-state index is 12.9. The summed E-state index contributed by atoms with van der Waals surface area (Å²) in [6.45, 7) is 4.16. The Labute approximate surface area is 147 Å². The number of carbonyl (C=O) groups excluding carboxylic acids is 1. The first-order valence-corrected chi connectivity index (χ1v) is 9.49. The highest BCUT2D eigenvalue weighted by atomic mass is 16.3. The molecular formula is C19H27N3O3. The fraction of sp³-hybridized carbons (Fsp3) is 0.684. The molecule has 6 heteroatoms. The van der Waals surface area contributed by atoms with Gasteiger partial charge < -0.3 is 15.0 Å². The second-order valence-corrected chi connectivity index (χ2v) is 7.73. The zero-order valence-corrected chi connectivity index (χ0v) is 14.7. The average molecular weight is 345 g/mol. The maximum Gasteiger partial charge on any atom is 0.250 e. The maximum absolute atomic E-state index is 12.9. The third-order valence-corrected chi connectivity index (χ3v) is 6.05. The molecule has 0 spiro atoms. The number of pyridine rings is 1. The smallest absolute Gasteiger partial charge is 0.250 e. The zero-order chi connectivity index (χ0) is 17.6. The van der Waals surface area contributed by atoms with Crippen molar-refractivity contribution >= 4 is 5.91 Å². The number of hydrogen-bond donors (Lipinski definition) is 2. The van der Waals surface area contributed by atoms with Crippen molar-refractivity contribution in [2.75, 3.05) is 19.7 Å². The molecule has 25 heavy (non-hydrogen) atoms. The van der Waals surface area contributed by atoms with Gasteiger partial charge in [-0.2, -0.15) is 0 Å². The number of rotatable bonds is 6. The number of likely N-dealkylation sites (tertiary alicyclic amines) is 1. The Balaban J connectivity index is 1.70. The van der Waals surface area contributed by atoms with E-state index in [0.717, 1.165) is 18.7 Å². The third-order valence-electron chi connectivity index (χ3n) is 6.05. The van der Waals surface area contributed by atoms with E-state index in [0.29, 0.717) is 19.0 Å². The molecule has 3 aliphatic rings. The van der Waals surface area contributed by atoms with Crippen LogP contribution < -0.4 is 10.9 Å². The molecular weight excluding hydrogens is 318 g/mol. The summed E-state index contributed by atoms with van der Waals surface area (Å²) in [5.74, 6) is 0.668. The van der Waals surface area contributed by atoms with Gasteiger partial charge in [-0.1, -0.05) is 13.0 Å². The molecule has 3 heterocycles. The van der Waals surface area contributed by atoms with Crippen molar-refractivity contribution in [3.8, 4) is 0 Å². The van der Waals surface area contributed by atoms with Crippen LogP contribution >= 0.6 is 0 Å². The standard InChI is InChI=1S/C19H27N3O3/c1-2-8-20-19(25)18-14(11-23)13-10-21-15(4-3-5-16(21)24)17(13)22(18)9-12-6-7-12/h3-5,12-14,17-18,23H,2,6-11H2,1H3,(H,20,25)/t13-,14-,17+,18-/m1/s1. The lowest BCUT2D eigenvalue weighted by Gasteiger charge is -2.30. The lowest BCUT2D eigenvalue weighted by Crippen LogP contribution is -2.49. The third kappa shape index (κ3) is 2.81. The summed E-state index contributed by atoms with van der Waals surface area (Å²) >= 11 is 0. The van der Waals surface area contributed by atoms with Gasteiger partial charge >= 0.3 is 0 Å². The second kappa shape index (κ2) is 6.57. The SMILES string of the molecule is CCCNC(=O)[C@H]1[C@H](CO)[C@H]2Cn3c(cccc3=O)[C@H]2N1CC1CC1. The van der Waals surface area contributed by atoms with Gasteiger partial charge in [-0.25, -0.2) is 0 Å². The molecule has 4 atom stereocenters. The molecule has 0 radical (unpaired) electrons. The van der Waals surface area contributed by atoms with Crippen LogP contribution in [0.4, 0.5) is 0 Å². The molecule has 136 valence electrons. The minimum absolute atomic E-state index is 0.0157. The van der Waals surface area contributed by atoms with Crippen LogP contribution in [0.15, 0.2) is 23.0 Å². The first-order chi connectivity index (χ1) is 12.2. The molecule has 1 aromatic rings. The molecule has 1 saturated heterocycles. The molecule has 6 nitrogen and oxygen atoms in total. The summed E-state index contributed by atoms with van der Waals surface area (Å²) in [5.41, 5.74) is 1.02. The van der Waals surface area contributed by atoms with Crippen molar-refractivity contribution in [1.29, 1.82) is 0 Å². The molecule has 0 unspecified atom stereocenters. The molecule has 1 saturated carbocycles. The lowest BCUT2D eigenvalue weighted by atomic mass is 9.88. The minimum atomic E-state index is -0.295. The predicted molar refractivity (Wildman–Crippen MR) is 94.0 cm³/mol. The van der Waals surface area contributed by atoms with Gasteiger partial charge in [0.2, 0.25) is 5.91 Å². The largest absolute Gasteiger partial charge is 0.396 e. The Bertz CT molecular complexity index is 712. The first kappa shape index (κ1) is 16.8. The Kier molecular flexibility index (Phi) is 4.41. The number of nitrogens with one attached hydrogen (secondary N) is 1. The molecule has 1 aromatic heterocycles. The van der Waals surface area contributed by atoms with Crippen LogP contribution in [0, 0.1) is 17.8 Å². The van der Waals surface area contributed by atoms with E-state index in [2.05, 4.69) is 10.2 Å². The van der Waals surface area contributed by atoms with Crippen molar-refractivity contribution in [2.24, 2.45) is 17.8 Å². The van der Waals surface area contributed by atoms with E-state index in [1.54, 1.807) is 6.07 Å². The van der Waals surface area contributed by atoms with E-state index in [-0.39, 0.29) is 42.0 Å². The second-order valence-electron chi connectivity index (χ2n) is 7.73. The van der Waals surface area contributed by atoms with Crippen LogP contribution in [-0.4, -0.2) is 46.2 Å². The summed E-state index contributed by atoms with van der Waals surface area (Å²) in [5, 5.41) is 13.1. The van der Waals surface area contributed by atoms with E-state index in [9.17, 15) is 14.7 Å². The topological polar surface area (TPSA) is 74.6 Å². The monoisotopic (exact) mass is 345 g/mol. The van der Waals surface area contributed by atoms with Gasteiger partial charge in [0.15, 0.2) is 0 Å². The average Bonchev–Trinajstić information content (AvgIpc) is 3.26. The predicted octanol–water partition coefficient (Wildman–Crippen LogP) is 0.748. The highest BCUT2D eigenvalue weighted by Gasteiger charge is 2.55. The number of nitrogens with zero attached hydrogens (tertiary/aromatic N) is 2. The Morgan fingerprint density at radius 2 is 2.16 bits per heavy atom. The van der Waals surface area contributed by atoms with Crippen molar-refractivity contribution in [3.05, 3.63) is 34.2 Å². The highest BCUT2D eigenvalue weighted by molar-refractivity contribution is 5.82. The molecule has 4 rings (SSSR count). The number of aromatic nitrogens is 1. The molecule has 1 aliphatic carbocycles. The van der Waals surface area contributed by atoms with Gasteiger partial charge in [0.05, 0.1) is 12.1 Å². The summed E-state index contributed by atoms with van der Waals surface area (Å²) in [6, 6.07) is 5.17. The fourth-order valence-corrected chi connectivity index (χ4v) is 4.72. The molecule has 2 N–H and O–H groups in total. The number of hydrogen-bond acceptors (Lipinski definition) is 4. The number of fused-ring (bicyclic) bond motifs is 3. The van der Waals surface area contributed by atoms with E-state index in [1.807, 2.05) is 23.6 Å². The van der Waals surface area contributed by atoms with Gasteiger partial charge in [0, 0.05) is 49.8 Å². The van der Waals surface area contributed by atoms with Crippen LogP contribution in [-0.2, 0) is 11.3 Å². The van der Waals surface area contributed by atoms with Crippen molar-refractivity contribution < 1.29 is 9.90 Å². The number of carbonyl (C=O) groups is 1. The summed E-state index contributed by atoms with van der Waals surface area (Å²) < 4.78 is 1.83. The molecule has 2 aliphatic heterocycles. The molecule has 2 fully saturated rings. The Hall–Kier alpha value is -1.66. The Morgan fingerprint density at radius 3 is 2.84 bits per heavy atom. The first-order valence-electron chi connectivity index (χ1n) is 9.49. The van der Waals surface area contributed by atoms with Crippen molar-refractivity contribution in [2.45, 2.75) is 44.8 Å². The highest BCUT2D eigenvalue weighted by Crippen LogP contribution is 2.50. The van der Waals surface area contributed by atoms with E-state index in [4.69, 9.17) is 0 Å². The van der Waals surface area contributed by atoms with Gasteiger partial charge in [-0.3, -0.25) is 14.5 Å². The minimum Gasteiger partial charge on any atom is -0.396 e. The van der Waals surface area contributed by atoms with Crippen LogP contribution in [0.3, 0.4) is 0 Å². The van der Waals surface area contributed by atoms with Gasteiger partial charge in [-0.15, -0.1) is 0 Å². The van der Waals surface area contributed by atoms with E-state index < -0.39 is 0 Å². The molecule has 1 amide bonds. The number of aliphatic hydroxyl groups is 1. The quantitative estimate of drug-likeness (QED) is 0.798. The van der Waals surface area contributed by atoms with Gasteiger partial charge in [0.1, 0.15) is 0 Å². The molecule has 0 bridgehead atoms. The van der Waals surface area contributed by atoms with E-state index in [1.165, 1.54) is 12.8 Å². The fourth-order valence-electron chi connectivity index (χ4n) is 4.72. The van der Waals surface area contributed by atoms with Crippen LogP contribution in [0.1, 0.15) is 37.9 Å². The zero-order valence-electron chi connectivity index (χ0n) is 14.7. The van der Waals surface area contributed by atoms with Crippen LogP contribution in [0.2, 0.25) is 0 Å². The lowest BCUT2D eigenvalue weighted by molar-refractivity contribution is -0.127. The Morgan fingerprint density at radius 1 is 1.36 bits per heavy atom. The molecule has 0 aromatic carbocycles. The number of amides is 1.